The van der Waals surface area contributed by atoms with Crippen LogP contribution in [0, 0.1) is 0 Å². The van der Waals surface area contributed by atoms with Crippen LogP contribution in [0.2, 0.25) is 0 Å². The molecular weight excluding hydrogens is 703 g/mol. The van der Waals surface area contributed by atoms with Crippen LogP contribution >= 0.6 is 0 Å². The standard InChI is InChI=1S/C39H44N2O6S2.2Na/c1-38(2)34(40(24-9-11-26-48(42,43)44)32-22-20-28-14-5-7-16-30(28)36(32)38)18-13-19-35-39(3,4)37-31-17-8-6-15-29(31)21-23-33(37)41(35)25-10-12-27-49(45,46)47;;/h5-8,13-23H,9-12,24-27H2,1-4H3,(H-,42,43,44,45,46,47);;/q;2*+1/p-1. The summed E-state index contributed by atoms with van der Waals surface area (Å²) >= 11 is 0. The van der Waals surface area contributed by atoms with Crippen molar-refractivity contribution in [3.63, 3.8) is 0 Å². The van der Waals surface area contributed by atoms with E-state index in [1.165, 1.54) is 21.9 Å². The molecule has 258 valence electrons. The first kappa shape index (κ1) is 41.9. The molecule has 51 heavy (non-hydrogen) atoms. The fraction of sp³-hybridized carbons (Fsp3) is 0.359. The summed E-state index contributed by atoms with van der Waals surface area (Å²) in [4.78, 5) is 2.26. The van der Waals surface area contributed by atoms with Gasteiger partial charge in [-0.3, -0.25) is 0 Å². The van der Waals surface area contributed by atoms with E-state index in [1.807, 2.05) is 24.3 Å². The van der Waals surface area contributed by atoms with Gasteiger partial charge < -0.3 is 14.0 Å². The van der Waals surface area contributed by atoms with Gasteiger partial charge in [-0.15, -0.1) is 0 Å². The van der Waals surface area contributed by atoms with E-state index < -0.39 is 20.2 Å². The van der Waals surface area contributed by atoms with Gasteiger partial charge in [0.05, 0.1) is 25.7 Å². The molecule has 0 radical (unpaired) electrons. The molecule has 0 atom stereocenters. The Hall–Kier alpha value is -1.83. The predicted octanol–water partition coefficient (Wildman–Crippen LogP) is 1.27. The van der Waals surface area contributed by atoms with E-state index in [2.05, 4.69) is 104 Å². The summed E-state index contributed by atoms with van der Waals surface area (Å²) in [6, 6.07) is 25.2. The maximum atomic E-state index is 11.3. The fourth-order valence-electron chi connectivity index (χ4n) is 7.88. The SMILES string of the molecule is CC1(C)C(=CC=CC2=[N+](CCCCS(=O)(=O)[O-])c3ccc4ccccc4c3C2(C)C)N(CCCCS(=O)(=O)[O-])c2ccc3ccccc3c21.[Na+].[Na+]. The molecule has 4 aromatic rings. The number of anilines is 1. The summed E-state index contributed by atoms with van der Waals surface area (Å²) in [7, 11) is -8.57. The summed E-state index contributed by atoms with van der Waals surface area (Å²) in [5, 5.41) is 4.64. The Morgan fingerprint density at radius 2 is 1.24 bits per heavy atom. The van der Waals surface area contributed by atoms with Crippen molar-refractivity contribution in [1.82, 2.24) is 0 Å². The zero-order valence-corrected chi connectivity index (χ0v) is 36.1. The third-order valence-corrected chi connectivity index (χ3v) is 11.6. The van der Waals surface area contributed by atoms with Crippen molar-refractivity contribution >= 4 is 58.9 Å². The Morgan fingerprint density at radius 1 is 0.686 bits per heavy atom. The number of unbranched alkanes of at least 4 members (excludes halogenated alkanes) is 2. The number of hydrogen-bond donors (Lipinski definition) is 0. The van der Waals surface area contributed by atoms with Crippen molar-refractivity contribution in [3.05, 3.63) is 108 Å². The van der Waals surface area contributed by atoms with Crippen molar-refractivity contribution in [3.8, 4) is 0 Å². The van der Waals surface area contributed by atoms with Crippen LogP contribution in [0.5, 0.6) is 0 Å². The van der Waals surface area contributed by atoms with Crippen LogP contribution in [-0.2, 0) is 31.1 Å². The summed E-state index contributed by atoms with van der Waals surface area (Å²) in [6.45, 7) is 9.99. The van der Waals surface area contributed by atoms with Gasteiger partial charge in [-0.2, -0.15) is 4.58 Å². The molecule has 0 bridgehead atoms. The van der Waals surface area contributed by atoms with E-state index in [9.17, 15) is 25.9 Å². The fourth-order valence-corrected chi connectivity index (χ4v) is 9.00. The number of fused-ring (bicyclic) bond motifs is 6. The molecule has 12 heteroatoms. The molecule has 0 aromatic heterocycles. The third-order valence-electron chi connectivity index (χ3n) is 10.1. The minimum absolute atomic E-state index is 0. The van der Waals surface area contributed by atoms with Gasteiger partial charge in [0.15, 0.2) is 5.71 Å². The zero-order chi connectivity index (χ0) is 35.2. The molecule has 2 aliphatic heterocycles. The van der Waals surface area contributed by atoms with Crippen LogP contribution < -0.4 is 64.0 Å². The van der Waals surface area contributed by atoms with Crippen molar-refractivity contribution in [2.24, 2.45) is 0 Å². The van der Waals surface area contributed by atoms with Gasteiger partial charge in [0.25, 0.3) is 0 Å². The van der Waals surface area contributed by atoms with Gasteiger partial charge in [0.1, 0.15) is 6.54 Å². The van der Waals surface area contributed by atoms with Crippen molar-refractivity contribution in [1.29, 1.82) is 0 Å². The maximum Gasteiger partial charge on any atom is 1.00 e. The van der Waals surface area contributed by atoms with E-state index in [0.717, 1.165) is 33.6 Å². The van der Waals surface area contributed by atoms with Gasteiger partial charge in [-0.25, -0.2) is 16.8 Å². The van der Waals surface area contributed by atoms with Crippen LogP contribution in [0.15, 0.2) is 96.7 Å². The Balaban J connectivity index is 0.00000292. The summed E-state index contributed by atoms with van der Waals surface area (Å²) in [5.41, 5.74) is 5.99. The smallest absolute Gasteiger partial charge is 0.748 e. The Labute approximate surface area is 346 Å². The molecule has 4 aromatic carbocycles. The van der Waals surface area contributed by atoms with Crippen LogP contribution in [0.25, 0.3) is 21.5 Å². The van der Waals surface area contributed by atoms with E-state index in [-0.39, 0.29) is 94.3 Å². The van der Waals surface area contributed by atoms with Crippen LogP contribution in [-0.4, -0.2) is 60.8 Å². The first-order chi connectivity index (χ1) is 23.1. The molecule has 0 N–H and O–H groups in total. The van der Waals surface area contributed by atoms with E-state index in [1.54, 1.807) is 0 Å². The molecule has 2 heterocycles. The number of nitrogens with zero attached hydrogens (tertiary/aromatic N) is 2. The quantitative estimate of drug-likeness (QED) is 0.0928. The van der Waals surface area contributed by atoms with Gasteiger partial charge in [0, 0.05) is 59.0 Å². The maximum absolute atomic E-state index is 11.3. The second-order valence-electron chi connectivity index (χ2n) is 14.1. The van der Waals surface area contributed by atoms with Crippen molar-refractivity contribution in [2.45, 2.75) is 64.2 Å². The van der Waals surface area contributed by atoms with Crippen LogP contribution in [0.3, 0.4) is 0 Å². The van der Waals surface area contributed by atoms with E-state index in [4.69, 9.17) is 0 Å². The second kappa shape index (κ2) is 16.3. The third kappa shape index (κ3) is 8.78. The Bertz CT molecular complexity index is 2260. The molecule has 6 rings (SSSR count). The van der Waals surface area contributed by atoms with E-state index in [0.29, 0.717) is 25.9 Å². The molecule has 0 amide bonds. The first-order valence-corrected chi connectivity index (χ1v) is 20.0. The van der Waals surface area contributed by atoms with Crippen LogP contribution in [0.4, 0.5) is 11.4 Å². The van der Waals surface area contributed by atoms with Gasteiger partial charge >= 0.3 is 59.1 Å². The average Bonchev–Trinajstić information content (AvgIpc) is 3.39. The van der Waals surface area contributed by atoms with E-state index >= 15 is 0 Å². The molecule has 0 saturated carbocycles. The molecular formula is C39H43N2Na2O6S2+. The summed E-state index contributed by atoms with van der Waals surface area (Å²) in [5.74, 6) is -0.764. The average molecular weight is 746 g/mol. The monoisotopic (exact) mass is 745 g/mol. The molecule has 0 saturated heterocycles. The molecule has 0 unspecified atom stereocenters. The van der Waals surface area contributed by atoms with Gasteiger partial charge in [0.2, 0.25) is 5.69 Å². The molecule has 8 nitrogen and oxygen atoms in total. The molecule has 0 fully saturated rings. The molecule has 2 aliphatic rings. The molecule has 0 aliphatic carbocycles. The van der Waals surface area contributed by atoms with Crippen molar-refractivity contribution in [2.75, 3.05) is 29.5 Å². The topological polar surface area (TPSA) is 121 Å². The number of hydrogen-bond acceptors (Lipinski definition) is 7. The minimum atomic E-state index is -4.29. The minimum Gasteiger partial charge on any atom is -0.748 e. The number of allylic oxidation sites excluding steroid dienone is 4. The van der Waals surface area contributed by atoms with Crippen molar-refractivity contribution < 1.29 is 89.6 Å². The Morgan fingerprint density at radius 3 is 1.84 bits per heavy atom. The first-order valence-electron chi connectivity index (χ1n) is 16.8. The number of rotatable bonds is 12. The summed E-state index contributed by atoms with van der Waals surface area (Å²) in [6.07, 6.45) is 8.04. The van der Waals surface area contributed by atoms with Gasteiger partial charge in [-0.05, 0) is 78.4 Å². The Kier molecular flexibility index (Phi) is 13.4. The molecule has 0 spiro atoms. The largest absolute Gasteiger partial charge is 1.00 e. The predicted molar refractivity (Wildman–Crippen MR) is 196 cm³/mol. The number of benzene rings is 4. The zero-order valence-electron chi connectivity index (χ0n) is 30.5. The normalized spacial score (nSPS) is 17.2. The second-order valence-corrected chi connectivity index (χ2v) is 17.2. The van der Waals surface area contributed by atoms with Gasteiger partial charge in [-0.1, -0.05) is 74.5 Å². The van der Waals surface area contributed by atoms with Crippen LogP contribution in [0.1, 0.15) is 64.5 Å². The summed E-state index contributed by atoms with van der Waals surface area (Å²) < 4.78 is 70.2.